The number of carbonyl (C=O) groups excluding carboxylic acids is 3. The van der Waals surface area contributed by atoms with Gasteiger partial charge in [0.2, 0.25) is 0 Å². The van der Waals surface area contributed by atoms with E-state index in [0.717, 1.165) is 4.90 Å². The minimum Gasteiger partial charge on any atom is -0.493 e. The van der Waals surface area contributed by atoms with Crippen LogP contribution in [0.3, 0.4) is 0 Å². The van der Waals surface area contributed by atoms with Crippen molar-refractivity contribution in [3.05, 3.63) is 40.5 Å². The minimum absolute atomic E-state index is 0.0412. The molecule has 2 rings (SSSR count). The molecule has 0 atom stereocenters. The first-order chi connectivity index (χ1) is 16.2. The summed E-state index contributed by atoms with van der Waals surface area (Å²) in [6, 6.07) is 7.16. The number of imide groups is 1. The molecule has 0 saturated heterocycles. The molecule has 0 radical (unpaired) electrons. The van der Waals surface area contributed by atoms with Crippen LogP contribution in [0.25, 0.3) is 6.08 Å². The minimum atomic E-state index is -0.666. The zero-order chi connectivity index (χ0) is 25.3. The van der Waals surface area contributed by atoms with Crippen molar-refractivity contribution in [1.29, 1.82) is 5.26 Å². The van der Waals surface area contributed by atoms with E-state index in [2.05, 4.69) is 0 Å². The van der Waals surface area contributed by atoms with Crippen LogP contribution in [-0.4, -0.2) is 62.8 Å². The van der Waals surface area contributed by atoms with Crippen molar-refractivity contribution >= 4 is 23.9 Å². The van der Waals surface area contributed by atoms with Crippen molar-refractivity contribution in [3.63, 3.8) is 0 Å². The quantitative estimate of drug-likeness (QED) is 0.210. The molecule has 9 nitrogen and oxygen atoms in total. The first-order valence-electron chi connectivity index (χ1n) is 10.9. The SMILES string of the molecule is COc1cc(/C=C2/C(=O)N(CCOCCOC(C)=O)C(=O)C(C#N)=C2C)ccc1OCC(C)C. The van der Waals surface area contributed by atoms with Gasteiger partial charge in [-0.15, -0.1) is 0 Å². The van der Waals surface area contributed by atoms with Gasteiger partial charge in [-0.3, -0.25) is 19.3 Å². The van der Waals surface area contributed by atoms with Crippen molar-refractivity contribution in [2.45, 2.75) is 27.7 Å². The Labute approximate surface area is 199 Å². The molecule has 0 aromatic heterocycles. The molecule has 9 heteroatoms. The van der Waals surface area contributed by atoms with Crippen LogP contribution < -0.4 is 9.47 Å². The molecule has 0 fully saturated rings. The maximum Gasteiger partial charge on any atom is 0.302 e. The lowest BCUT2D eigenvalue weighted by atomic mass is 9.93. The highest BCUT2D eigenvalue weighted by molar-refractivity contribution is 6.19. The second-order valence-corrected chi connectivity index (χ2v) is 8.00. The molecule has 182 valence electrons. The fourth-order valence-electron chi connectivity index (χ4n) is 3.15. The van der Waals surface area contributed by atoms with Gasteiger partial charge in [-0.25, -0.2) is 0 Å². The third-order valence-electron chi connectivity index (χ3n) is 4.89. The molecule has 0 N–H and O–H groups in total. The van der Waals surface area contributed by atoms with Crippen molar-refractivity contribution in [2.24, 2.45) is 5.92 Å². The van der Waals surface area contributed by atoms with Crippen LogP contribution in [0.5, 0.6) is 11.5 Å². The highest BCUT2D eigenvalue weighted by Gasteiger charge is 2.35. The Bertz CT molecular complexity index is 1030. The summed E-state index contributed by atoms with van der Waals surface area (Å²) in [6.07, 6.45) is 1.62. The van der Waals surface area contributed by atoms with Crippen molar-refractivity contribution in [2.75, 3.05) is 40.1 Å². The predicted octanol–water partition coefficient (Wildman–Crippen LogP) is 2.90. The van der Waals surface area contributed by atoms with E-state index in [9.17, 15) is 19.6 Å². The summed E-state index contributed by atoms with van der Waals surface area (Å²) in [5.41, 5.74) is 1.09. The van der Waals surface area contributed by atoms with E-state index in [1.807, 2.05) is 19.9 Å². The molecule has 1 aliphatic rings. The van der Waals surface area contributed by atoms with Crippen LogP contribution in [0.2, 0.25) is 0 Å². The van der Waals surface area contributed by atoms with Gasteiger partial charge in [0, 0.05) is 12.5 Å². The highest BCUT2D eigenvalue weighted by atomic mass is 16.6. The number of methoxy groups -OCH3 is 1. The van der Waals surface area contributed by atoms with Gasteiger partial charge in [0.15, 0.2) is 11.5 Å². The molecule has 34 heavy (non-hydrogen) atoms. The largest absolute Gasteiger partial charge is 0.493 e. The number of nitrogens with zero attached hydrogens (tertiary/aromatic N) is 2. The Hall–Kier alpha value is -3.64. The number of nitriles is 1. The number of hydrogen-bond donors (Lipinski definition) is 0. The summed E-state index contributed by atoms with van der Waals surface area (Å²) in [7, 11) is 1.53. The third-order valence-corrected chi connectivity index (χ3v) is 4.89. The van der Waals surface area contributed by atoms with E-state index < -0.39 is 17.8 Å². The molecule has 0 bridgehead atoms. The van der Waals surface area contributed by atoms with E-state index >= 15 is 0 Å². The van der Waals surface area contributed by atoms with E-state index in [1.165, 1.54) is 14.0 Å². The van der Waals surface area contributed by atoms with Crippen molar-refractivity contribution in [3.8, 4) is 17.6 Å². The molecular formula is C25H30N2O7. The smallest absolute Gasteiger partial charge is 0.302 e. The molecular weight excluding hydrogens is 440 g/mol. The highest BCUT2D eigenvalue weighted by Crippen LogP contribution is 2.32. The summed E-state index contributed by atoms with van der Waals surface area (Å²) < 4.78 is 21.3. The number of rotatable bonds is 11. The van der Waals surface area contributed by atoms with Crippen LogP contribution in [0.1, 0.15) is 33.3 Å². The zero-order valence-electron chi connectivity index (χ0n) is 20.2. The van der Waals surface area contributed by atoms with Gasteiger partial charge in [-0.1, -0.05) is 19.9 Å². The number of amides is 2. The lowest BCUT2D eigenvalue weighted by molar-refractivity contribution is -0.142. The van der Waals surface area contributed by atoms with Gasteiger partial charge in [-0.05, 0) is 42.2 Å². The average molecular weight is 471 g/mol. The molecule has 1 aliphatic heterocycles. The zero-order valence-corrected chi connectivity index (χ0v) is 20.2. The molecule has 0 aliphatic carbocycles. The van der Waals surface area contributed by atoms with Gasteiger partial charge in [0.25, 0.3) is 11.8 Å². The van der Waals surface area contributed by atoms with Gasteiger partial charge >= 0.3 is 5.97 Å². The first kappa shape index (κ1) is 26.6. The molecule has 1 heterocycles. The van der Waals surface area contributed by atoms with Crippen LogP contribution in [0.4, 0.5) is 0 Å². The van der Waals surface area contributed by atoms with Crippen LogP contribution in [-0.2, 0) is 23.9 Å². The fourth-order valence-corrected chi connectivity index (χ4v) is 3.15. The maximum atomic E-state index is 13.1. The molecule has 0 spiro atoms. The lowest BCUT2D eigenvalue weighted by Gasteiger charge is -2.27. The molecule has 1 aromatic rings. The summed E-state index contributed by atoms with van der Waals surface area (Å²) >= 11 is 0. The van der Waals surface area contributed by atoms with Crippen molar-refractivity contribution in [1.82, 2.24) is 4.90 Å². The topological polar surface area (TPSA) is 115 Å². The molecule has 2 amide bonds. The summed E-state index contributed by atoms with van der Waals surface area (Å²) in [6.45, 7) is 7.68. The van der Waals surface area contributed by atoms with E-state index in [-0.39, 0.29) is 37.5 Å². The number of esters is 1. The van der Waals surface area contributed by atoms with Gasteiger partial charge < -0.3 is 18.9 Å². The van der Waals surface area contributed by atoms with Crippen LogP contribution in [0.15, 0.2) is 34.9 Å². The van der Waals surface area contributed by atoms with E-state index in [0.29, 0.717) is 35.2 Å². The van der Waals surface area contributed by atoms with Gasteiger partial charge in [0.05, 0.1) is 33.5 Å². The third kappa shape index (κ3) is 6.93. The fraction of sp³-hybridized carbons (Fsp3) is 0.440. The lowest BCUT2D eigenvalue weighted by Crippen LogP contribution is -2.44. The Kier molecular flexibility index (Phi) is 9.83. The second-order valence-electron chi connectivity index (χ2n) is 8.00. The number of ether oxygens (including phenoxy) is 4. The van der Waals surface area contributed by atoms with Crippen LogP contribution in [0, 0.1) is 17.2 Å². The van der Waals surface area contributed by atoms with Gasteiger partial charge in [-0.2, -0.15) is 5.26 Å². The van der Waals surface area contributed by atoms with Crippen molar-refractivity contribution < 1.29 is 33.3 Å². The van der Waals surface area contributed by atoms with Crippen LogP contribution >= 0.6 is 0 Å². The Morgan fingerprint density at radius 2 is 1.88 bits per heavy atom. The second kappa shape index (κ2) is 12.6. The number of hydrogen-bond acceptors (Lipinski definition) is 8. The normalized spacial score (nSPS) is 15.1. The Morgan fingerprint density at radius 3 is 2.50 bits per heavy atom. The average Bonchev–Trinajstić information content (AvgIpc) is 2.79. The number of benzene rings is 1. The monoisotopic (exact) mass is 470 g/mol. The number of carbonyl (C=O) groups is 3. The predicted molar refractivity (Wildman–Crippen MR) is 124 cm³/mol. The molecule has 0 unspecified atom stereocenters. The van der Waals surface area contributed by atoms with E-state index in [4.69, 9.17) is 18.9 Å². The first-order valence-corrected chi connectivity index (χ1v) is 10.9. The molecule has 0 saturated carbocycles. The molecule has 1 aromatic carbocycles. The Balaban J connectivity index is 2.25. The van der Waals surface area contributed by atoms with Gasteiger partial charge in [0.1, 0.15) is 18.2 Å². The Morgan fingerprint density at radius 1 is 1.15 bits per heavy atom. The summed E-state index contributed by atoms with van der Waals surface area (Å²) in [4.78, 5) is 37.6. The van der Waals surface area contributed by atoms with E-state index in [1.54, 1.807) is 31.2 Å². The standard InChI is InChI=1S/C25H30N2O7/c1-16(2)15-34-22-7-6-19(13-23(22)31-5)12-20-17(3)21(14-26)25(30)27(24(20)29)8-9-32-10-11-33-18(4)28/h6-7,12-13,16H,8-11,15H2,1-5H3/b20-12+. The summed E-state index contributed by atoms with van der Waals surface area (Å²) in [5, 5.41) is 9.53. The summed E-state index contributed by atoms with van der Waals surface area (Å²) in [5.74, 6) is -0.173. The maximum absolute atomic E-state index is 13.1.